The van der Waals surface area contributed by atoms with Gasteiger partial charge < -0.3 is 19.9 Å². The van der Waals surface area contributed by atoms with Crippen molar-refractivity contribution in [3.8, 4) is 0 Å². The molecule has 8 nitrogen and oxygen atoms in total. The van der Waals surface area contributed by atoms with Crippen molar-refractivity contribution >= 4 is 17.7 Å². The van der Waals surface area contributed by atoms with Crippen molar-refractivity contribution < 1.29 is 4.74 Å². The molecule has 2 N–H and O–H groups in total. The maximum absolute atomic E-state index is 5.62. The van der Waals surface area contributed by atoms with Gasteiger partial charge >= 0.3 is 0 Å². The molecule has 1 aliphatic carbocycles. The van der Waals surface area contributed by atoms with Gasteiger partial charge in [0.05, 0.1) is 13.2 Å². The number of aryl methyl sites for hydroxylation is 1. The summed E-state index contributed by atoms with van der Waals surface area (Å²) in [7, 11) is 1.99. The first-order valence-corrected chi connectivity index (χ1v) is 12.7. The number of thioether (sulfide) groups is 1. The highest BCUT2D eigenvalue weighted by Crippen LogP contribution is 2.33. The van der Waals surface area contributed by atoms with Gasteiger partial charge in [-0.05, 0) is 38.2 Å². The molecule has 1 saturated heterocycles. The molecule has 0 spiro atoms. The molecule has 1 aliphatic heterocycles. The van der Waals surface area contributed by atoms with Crippen molar-refractivity contribution in [3.63, 3.8) is 0 Å². The minimum Gasteiger partial charge on any atom is -0.379 e. The molecule has 0 bridgehead atoms. The Labute approximate surface area is 185 Å². The van der Waals surface area contributed by atoms with Gasteiger partial charge in [-0.25, -0.2) is 4.99 Å². The Morgan fingerprint density at radius 3 is 2.60 bits per heavy atom. The van der Waals surface area contributed by atoms with Gasteiger partial charge in [-0.15, -0.1) is 10.2 Å². The van der Waals surface area contributed by atoms with Crippen LogP contribution < -0.4 is 10.6 Å². The highest BCUT2D eigenvalue weighted by Gasteiger charge is 2.38. The van der Waals surface area contributed by atoms with Crippen molar-refractivity contribution in [2.24, 2.45) is 12.0 Å². The molecule has 1 aromatic heterocycles. The topological polar surface area (TPSA) is 79.6 Å². The van der Waals surface area contributed by atoms with Crippen LogP contribution in [0.1, 0.15) is 50.2 Å². The van der Waals surface area contributed by atoms with Crippen LogP contribution in [0.25, 0.3) is 0 Å². The first kappa shape index (κ1) is 23.3. The van der Waals surface area contributed by atoms with Gasteiger partial charge in [-0.2, -0.15) is 11.8 Å². The number of nitrogens with one attached hydrogen (secondary N) is 2. The Bertz CT molecular complexity index is 666. The fraction of sp³-hybridized carbons (Fsp3) is 0.857. The lowest BCUT2D eigenvalue weighted by Crippen LogP contribution is -2.60. The first-order valence-electron chi connectivity index (χ1n) is 11.3. The summed E-state index contributed by atoms with van der Waals surface area (Å²) in [5.41, 5.74) is 0.213. The van der Waals surface area contributed by atoms with Crippen LogP contribution >= 0.6 is 11.8 Å². The Morgan fingerprint density at radius 1 is 1.17 bits per heavy atom. The Balaban J connectivity index is 1.66. The van der Waals surface area contributed by atoms with Gasteiger partial charge in [0.25, 0.3) is 0 Å². The lowest BCUT2D eigenvalue weighted by molar-refractivity contribution is -0.0352. The monoisotopic (exact) mass is 437 g/mol. The second-order valence-corrected chi connectivity index (χ2v) is 9.38. The van der Waals surface area contributed by atoms with E-state index in [9.17, 15) is 0 Å². The molecule has 170 valence electrons. The van der Waals surface area contributed by atoms with E-state index in [0.29, 0.717) is 6.54 Å². The number of nitrogens with zero attached hydrogens (tertiary/aromatic N) is 5. The third-order valence-electron chi connectivity index (χ3n) is 6.43. The normalized spacial score (nSPS) is 20.3. The van der Waals surface area contributed by atoms with Gasteiger partial charge in [0, 0.05) is 38.8 Å². The second-order valence-electron chi connectivity index (χ2n) is 8.40. The maximum Gasteiger partial charge on any atom is 0.191 e. The molecular weight excluding hydrogens is 398 g/mol. The molecule has 0 amide bonds. The van der Waals surface area contributed by atoms with E-state index in [1.165, 1.54) is 32.1 Å². The van der Waals surface area contributed by atoms with Crippen molar-refractivity contribution in [2.45, 2.75) is 57.5 Å². The standard InChI is InChI=1S/C21H39N7OS/c1-18-25-26-19(27(18)2)16-23-20(22-10-7-15-30-3)24-17-21(8-5-4-6-9-21)28-11-13-29-14-12-28/h4-17H2,1-3H3,(H2,22,23,24). The third-order valence-corrected chi connectivity index (χ3v) is 7.13. The van der Waals surface area contributed by atoms with Crippen molar-refractivity contribution in [1.82, 2.24) is 30.3 Å². The summed E-state index contributed by atoms with van der Waals surface area (Å²) in [6, 6.07) is 0. The number of hydrogen-bond donors (Lipinski definition) is 2. The predicted molar refractivity (Wildman–Crippen MR) is 124 cm³/mol. The van der Waals surface area contributed by atoms with Crippen molar-refractivity contribution in [1.29, 1.82) is 0 Å². The molecule has 30 heavy (non-hydrogen) atoms. The number of aliphatic imine (C=N–C) groups is 1. The number of rotatable bonds is 9. The Kier molecular flexibility index (Phi) is 9.27. The molecular formula is C21H39N7OS. The number of aromatic nitrogens is 3. The number of hydrogen-bond acceptors (Lipinski definition) is 6. The SMILES string of the molecule is CSCCCNC(=NCc1nnc(C)n1C)NCC1(N2CCOCC2)CCCCC1. The molecule has 1 aromatic rings. The van der Waals surface area contributed by atoms with E-state index in [2.05, 4.69) is 32.0 Å². The summed E-state index contributed by atoms with van der Waals surface area (Å²) < 4.78 is 7.63. The van der Waals surface area contributed by atoms with Crippen LogP contribution in [0.5, 0.6) is 0 Å². The summed E-state index contributed by atoms with van der Waals surface area (Å²) >= 11 is 1.88. The molecule has 3 rings (SSSR count). The summed E-state index contributed by atoms with van der Waals surface area (Å²) in [5.74, 6) is 3.84. The molecule has 2 fully saturated rings. The van der Waals surface area contributed by atoms with Crippen LogP contribution in [0.4, 0.5) is 0 Å². The van der Waals surface area contributed by atoms with Crippen LogP contribution in [0.15, 0.2) is 4.99 Å². The highest BCUT2D eigenvalue weighted by molar-refractivity contribution is 7.98. The molecule has 1 saturated carbocycles. The molecule has 9 heteroatoms. The zero-order chi connectivity index (χ0) is 21.2. The van der Waals surface area contributed by atoms with Gasteiger partial charge in [0.1, 0.15) is 12.4 Å². The van der Waals surface area contributed by atoms with E-state index in [-0.39, 0.29) is 5.54 Å². The van der Waals surface area contributed by atoms with E-state index in [1.54, 1.807) is 0 Å². The average Bonchev–Trinajstić information content (AvgIpc) is 3.11. The molecule has 0 unspecified atom stereocenters. The third kappa shape index (κ3) is 6.34. The number of ether oxygens (including phenoxy) is 1. The fourth-order valence-electron chi connectivity index (χ4n) is 4.44. The van der Waals surface area contributed by atoms with Gasteiger partial charge in [-0.1, -0.05) is 19.3 Å². The maximum atomic E-state index is 5.62. The molecule has 2 aliphatic rings. The first-order chi connectivity index (χ1) is 14.6. The van der Waals surface area contributed by atoms with E-state index < -0.39 is 0 Å². The molecule has 0 aromatic carbocycles. The zero-order valence-electron chi connectivity index (χ0n) is 19.0. The van der Waals surface area contributed by atoms with E-state index >= 15 is 0 Å². The van der Waals surface area contributed by atoms with Gasteiger partial charge in [0.2, 0.25) is 0 Å². The molecule has 2 heterocycles. The van der Waals surface area contributed by atoms with Crippen LogP contribution in [0.2, 0.25) is 0 Å². The predicted octanol–water partition coefficient (Wildman–Crippen LogP) is 1.95. The van der Waals surface area contributed by atoms with Crippen molar-refractivity contribution in [3.05, 3.63) is 11.6 Å². The van der Waals surface area contributed by atoms with E-state index in [0.717, 1.165) is 69.2 Å². The summed E-state index contributed by atoms with van der Waals surface area (Å²) in [4.78, 5) is 7.51. The molecule has 0 radical (unpaired) electrons. The lowest BCUT2D eigenvalue weighted by atomic mass is 9.80. The highest BCUT2D eigenvalue weighted by atomic mass is 32.2. The van der Waals surface area contributed by atoms with Crippen LogP contribution in [-0.4, -0.2) is 82.6 Å². The Morgan fingerprint density at radius 2 is 1.93 bits per heavy atom. The number of guanidine groups is 1. The average molecular weight is 438 g/mol. The quantitative estimate of drug-likeness (QED) is 0.347. The second kappa shape index (κ2) is 11.9. The summed E-state index contributed by atoms with van der Waals surface area (Å²) in [6.45, 7) is 8.12. The molecule has 0 atom stereocenters. The van der Waals surface area contributed by atoms with Gasteiger partial charge in [-0.3, -0.25) is 4.90 Å². The smallest absolute Gasteiger partial charge is 0.191 e. The number of morpholine rings is 1. The lowest BCUT2D eigenvalue weighted by Gasteiger charge is -2.48. The van der Waals surface area contributed by atoms with Gasteiger partial charge in [0.15, 0.2) is 11.8 Å². The van der Waals surface area contributed by atoms with Crippen molar-refractivity contribution in [2.75, 3.05) is 51.4 Å². The minimum absolute atomic E-state index is 0.213. The van der Waals surface area contributed by atoms with E-state index in [1.807, 2.05) is 30.3 Å². The van der Waals surface area contributed by atoms with Crippen LogP contribution in [-0.2, 0) is 18.3 Å². The van der Waals surface area contributed by atoms with Crippen LogP contribution in [0, 0.1) is 6.92 Å². The summed E-state index contributed by atoms with van der Waals surface area (Å²) in [6.07, 6.45) is 9.75. The minimum atomic E-state index is 0.213. The Hall–Kier alpha value is -1.32. The van der Waals surface area contributed by atoms with Crippen LogP contribution in [0.3, 0.4) is 0 Å². The fourth-order valence-corrected chi connectivity index (χ4v) is 4.87. The van der Waals surface area contributed by atoms with E-state index in [4.69, 9.17) is 9.73 Å². The largest absolute Gasteiger partial charge is 0.379 e. The zero-order valence-corrected chi connectivity index (χ0v) is 19.8. The summed E-state index contributed by atoms with van der Waals surface area (Å²) in [5, 5.41) is 15.6.